The molecule has 1 saturated heterocycles. The van der Waals surface area contributed by atoms with Crippen molar-refractivity contribution in [3.8, 4) is 0 Å². The van der Waals surface area contributed by atoms with E-state index >= 15 is 0 Å². The predicted octanol–water partition coefficient (Wildman–Crippen LogP) is 2.30. The molecule has 1 aromatic carbocycles. The minimum absolute atomic E-state index is 0.0150. The van der Waals surface area contributed by atoms with Gasteiger partial charge in [-0.2, -0.15) is 0 Å². The maximum absolute atomic E-state index is 12.1. The van der Waals surface area contributed by atoms with Crippen molar-refractivity contribution < 1.29 is 4.79 Å². The lowest BCUT2D eigenvalue weighted by atomic mass is 10.1. The molecule has 2 unspecified atom stereocenters. The van der Waals surface area contributed by atoms with E-state index in [1.807, 2.05) is 6.07 Å². The Bertz CT molecular complexity index is 469. The standard InChI is InChI=1S/C14H17BrN2O/c15-11-4-1-3-10-9(11)6-7-12(10)17-14(18)13-5-2-8-16-13/h1,3-4,12-13,16H,2,5-8H2,(H,17,18). The molecule has 96 valence electrons. The van der Waals surface area contributed by atoms with E-state index in [4.69, 9.17) is 0 Å². The lowest BCUT2D eigenvalue weighted by molar-refractivity contribution is -0.123. The maximum Gasteiger partial charge on any atom is 0.237 e. The Kier molecular flexibility index (Phi) is 3.39. The number of rotatable bonds is 2. The van der Waals surface area contributed by atoms with Crippen molar-refractivity contribution in [2.75, 3.05) is 6.54 Å². The summed E-state index contributed by atoms with van der Waals surface area (Å²) in [6, 6.07) is 6.44. The molecule has 2 atom stereocenters. The largest absolute Gasteiger partial charge is 0.348 e. The summed E-state index contributed by atoms with van der Waals surface area (Å²) in [5, 5.41) is 6.43. The van der Waals surface area contributed by atoms with Gasteiger partial charge in [-0.3, -0.25) is 4.79 Å². The summed E-state index contributed by atoms with van der Waals surface area (Å²) < 4.78 is 1.16. The zero-order chi connectivity index (χ0) is 12.5. The van der Waals surface area contributed by atoms with Crippen LogP contribution in [0.15, 0.2) is 22.7 Å². The molecule has 2 aliphatic rings. The highest BCUT2D eigenvalue weighted by atomic mass is 79.9. The van der Waals surface area contributed by atoms with Gasteiger partial charge in [-0.15, -0.1) is 0 Å². The summed E-state index contributed by atoms with van der Waals surface area (Å²) in [6.07, 6.45) is 4.12. The monoisotopic (exact) mass is 308 g/mol. The zero-order valence-electron chi connectivity index (χ0n) is 10.2. The van der Waals surface area contributed by atoms with Crippen LogP contribution in [0.5, 0.6) is 0 Å². The molecule has 1 heterocycles. The molecule has 0 spiro atoms. The van der Waals surface area contributed by atoms with Crippen molar-refractivity contribution in [3.63, 3.8) is 0 Å². The molecular formula is C14H17BrN2O. The van der Waals surface area contributed by atoms with E-state index in [-0.39, 0.29) is 18.0 Å². The molecule has 0 aromatic heterocycles. The van der Waals surface area contributed by atoms with Crippen molar-refractivity contribution in [1.82, 2.24) is 10.6 Å². The molecule has 1 aromatic rings. The Hall–Kier alpha value is -0.870. The van der Waals surface area contributed by atoms with Gasteiger partial charge in [0.25, 0.3) is 0 Å². The molecule has 1 aliphatic heterocycles. The smallest absolute Gasteiger partial charge is 0.237 e. The Balaban J connectivity index is 1.72. The first-order valence-electron chi connectivity index (χ1n) is 6.57. The van der Waals surface area contributed by atoms with Crippen LogP contribution in [-0.2, 0) is 11.2 Å². The lowest BCUT2D eigenvalue weighted by Crippen LogP contribution is -2.41. The first-order chi connectivity index (χ1) is 8.75. The highest BCUT2D eigenvalue weighted by Crippen LogP contribution is 2.35. The molecule has 3 nitrogen and oxygen atoms in total. The number of carbonyl (C=O) groups excluding carboxylic acids is 1. The fourth-order valence-corrected chi connectivity index (χ4v) is 3.52. The normalized spacial score (nSPS) is 26.1. The second-order valence-corrected chi connectivity index (χ2v) is 5.91. The molecule has 0 radical (unpaired) electrons. The second-order valence-electron chi connectivity index (χ2n) is 5.06. The Morgan fingerprint density at radius 3 is 3.06 bits per heavy atom. The maximum atomic E-state index is 12.1. The van der Waals surface area contributed by atoms with Gasteiger partial charge in [-0.1, -0.05) is 28.1 Å². The third-order valence-electron chi connectivity index (χ3n) is 3.91. The van der Waals surface area contributed by atoms with E-state index in [0.29, 0.717) is 0 Å². The van der Waals surface area contributed by atoms with Crippen molar-refractivity contribution in [1.29, 1.82) is 0 Å². The van der Waals surface area contributed by atoms with Crippen molar-refractivity contribution >= 4 is 21.8 Å². The van der Waals surface area contributed by atoms with Gasteiger partial charge in [0, 0.05) is 4.47 Å². The molecule has 1 aliphatic carbocycles. The molecule has 4 heteroatoms. The number of hydrogen-bond acceptors (Lipinski definition) is 2. The van der Waals surface area contributed by atoms with Crippen LogP contribution in [0.3, 0.4) is 0 Å². The van der Waals surface area contributed by atoms with Gasteiger partial charge < -0.3 is 10.6 Å². The van der Waals surface area contributed by atoms with Gasteiger partial charge in [0.1, 0.15) is 0 Å². The Morgan fingerprint density at radius 1 is 1.39 bits per heavy atom. The van der Waals surface area contributed by atoms with Crippen LogP contribution in [0, 0.1) is 0 Å². The minimum atomic E-state index is 0.0150. The number of benzene rings is 1. The third-order valence-corrected chi connectivity index (χ3v) is 4.65. The van der Waals surface area contributed by atoms with Crippen molar-refractivity contribution in [2.45, 2.75) is 37.8 Å². The van der Waals surface area contributed by atoms with E-state index in [2.05, 4.69) is 38.7 Å². The number of hydrogen-bond donors (Lipinski definition) is 2. The van der Waals surface area contributed by atoms with E-state index in [0.717, 1.165) is 36.7 Å². The lowest BCUT2D eigenvalue weighted by Gasteiger charge is -2.17. The zero-order valence-corrected chi connectivity index (χ0v) is 11.8. The van der Waals surface area contributed by atoms with Gasteiger partial charge in [0.15, 0.2) is 0 Å². The molecule has 0 bridgehead atoms. The Morgan fingerprint density at radius 2 is 2.28 bits per heavy atom. The first-order valence-corrected chi connectivity index (χ1v) is 7.36. The Labute approximate surface area is 115 Å². The van der Waals surface area contributed by atoms with Gasteiger partial charge in [-0.25, -0.2) is 0 Å². The highest BCUT2D eigenvalue weighted by Gasteiger charge is 2.29. The van der Waals surface area contributed by atoms with Crippen LogP contribution in [0.2, 0.25) is 0 Å². The average Bonchev–Trinajstić information content (AvgIpc) is 2.99. The van der Waals surface area contributed by atoms with Crippen LogP contribution >= 0.6 is 15.9 Å². The summed E-state index contributed by atoms with van der Waals surface area (Å²) in [7, 11) is 0. The summed E-state index contributed by atoms with van der Waals surface area (Å²) in [4.78, 5) is 12.1. The fraction of sp³-hybridized carbons (Fsp3) is 0.500. The second kappa shape index (κ2) is 5.02. The SMILES string of the molecule is O=C(NC1CCc2c(Br)cccc21)C1CCCN1. The molecule has 1 fully saturated rings. The van der Waals surface area contributed by atoms with Gasteiger partial charge >= 0.3 is 0 Å². The summed E-state index contributed by atoms with van der Waals surface area (Å²) in [5.41, 5.74) is 2.62. The molecular weight excluding hydrogens is 292 g/mol. The third kappa shape index (κ3) is 2.19. The minimum Gasteiger partial charge on any atom is -0.348 e. The molecule has 1 amide bonds. The topological polar surface area (TPSA) is 41.1 Å². The number of amides is 1. The van der Waals surface area contributed by atoms with Gasteiger partial charge in [-0.05, 0) is 49.4 Å². The van der Waals surface area contributed by atoms with E-state index in [9.17, 15) is 4.79 Å². The van der Waals surface area contributed by atoms with E-state index in [1.165, 1.54) is 11.1 Å². The van der Waals surface area contributed by atoms with Gasteiger partial charge in [0.2, 0.25) is 5.91 Å². The predicted molar refractivity (Wildman–Crippen MR) is 74.4 cm³/mol. The van der Waals surface area contributed by atoms with Gasteiger partial charge in [0.05, 0.1) is 12.1 Å². The number of fused-ring (bicyclic) bond motifs is 1. The quantitative estimate of drug-likeness (QED) is 0.880. The summed E-state index contributed by atoms with van der Waals surface area (Å²) in [6.45, 7) is 0.963. The molecule has 2 N–H and O–H groups in total. The highest BCUT2D eigenvalue weighted by molar-refractivity contribution is 9.10. The van der Waals surface area contributed by atoms with Crippen LogP contribution in [0.1, 0.15) is 36.4 Å². The number of carbonyl (C=O) groups is 1. The molecule has 3 rings (SSSR count). The van der Waals surface area contributed by atoms with Crippen LogP contribution in [-0.4, -0.2) is 18.5 Å². The number of nitrogens with one attached hydrogen (secondary N) is 2. The van der Waals surface area contributed by atoms with Crippen molar-refractivity contribution in [2.24, 2.45) is 0 Å². The summed E-state index contributed by atoms with van der Waals surface area (Å²) >= 11 is 3.58. The first kappa shape index (κ1) is 12.2. The van der Waals surface area contributed by atoms with E-state index in [1.54, 1.807) is 0 Å². The van der Waals surface area contributed by atoms with Crippen LogP contribution in [0.4, 0.5) is 0 Å². The average molecular weight is 309 g/mol. The van der Waals surface area contributed by atoms with E-state index < -0.39 is 0 Å². The van der Waals surface area contributed by atoms with Crippen LogP contribution in [0.25, 0.3) is 0 Å². The summed E-state index contributed by atoms with van der Waals surface area (Å²) in [5.74, 6) is 0.158. The fourth-order valence-electron chi connectivity index (χ4n) is 2.94. The van der Waals surface area contributed by atoms with Crippen molar-refractivity contribution in [3.05, 3.63) is 33.8 Å². The number of halogens is 1. The van der Waals surface area contributed by atoms with Crippen LogP contribution < -0.4 is 10.6 Å². The molecule has 0 saturated carbocycles. The molecule has 18 heavy (non-hydrogen) atoms.